The highest BCUT2D eigenvalue weighted by atomic mass is 35.5. The first kappa shape index (κ1) is 21.7. The van der Waals surface area contributed by atoms with Crippen molar-refractivity contribution in [2.45, 2.75) is 29.4 Å². The van der Waals surface area contributed by atoms with Crippen LogP contribution in [0.15, 0.2) is 53.4 Å². The van der Waals surface area contributed by atoms with Gasteiger partial charge < -0.3 is 15.1 Å². The van der Waals surface area contributed by atoms with E-state index < -0.39 is 5.25 Å². The van der Waals surface area contributed by atoms with Gasteiger partial charge in [-0.25, -0.2) is 0 Å². The lowest BCUT2D eigenvalue weighted by Gasteiger charge is -2.34. The van der Waals surface area contributed by atoms with E-state index >= 15 is 0 Å². The van der Waals surface area contributed by atoms with Gasteiger partial charge in [0.05, 0.1) is 5.69 Å². The summed E-state index contributed by atoms with van der Waals surface area (Å²) in [4.78, 5) is 42.8. The van der Waals surface area contributed by atoms with Crippen LogP contribution >= 0.6 is 23.4 Å². The first-order valence-corrected chi connectivity index (χ1v) is 11.7. The molecule has 6 nitrogen and oxygen atoms in total. The molecule has 0 spiro atoms. The maximum Gasteiger partial charge on any atom is 0.250 e. The Morgan fingerprint density at radius 3 is 2.52 bits per heavy atom. The molecule has 4 rings (SSSR count). The van der Waals surface area contributed by atoms with Crippen LogP contribution in [0.5, 0.6) is 0 Å². The van der Waals surface area contributed by atoms with E-state index in [4.69, 9.17) is 11.6 Å². The van der Waals surface area contributed by atoms with Crippen molar-refractivity contribution in [3.8, 4) is 0 Å². The number of amides is 3. The van der Waals surface area contributed by atoms with E-state index in [0.29, 0.717) is 36.8 Å². The third kappa shape index (κ3) is 5.05. The second-order valence-electron chi connectivity index (χ2n) is 7.65. The van der Waals surface area contributed by atoms with Gasteiger partial charge in [-0.2, -0.15) is 0 Å². The predicted molar refractivity (Wildman–Crippen MR) is 122 cm³/mol. The molecule has 0 aliphatic carbocycles. The van der Waals surface area contributed by atoms with Crippen LogP contribution in [0.3, 0.4) is 0 Å². The summed E-state index contributed by atoms with van der Waals surface area (Å²) in [5, 5.41) is 2.71. The number of benzene rings is 2. The van der Waals surface area contributed by atoms with Crippen LogP contribution in [0.2, 0.25) is 5.02 Å². The summed E-state index contributed by atoms with van der Waals surface area (Å²) in [6, 6.07) is 14.9. The van der Waals surface area contributed by atoms with Crippen LogP contribution in [0.1, 0.15) is 18.4 Å². The third-order valence-corrected chi connectivity index (χ3v) is 6.97. The number of hydrogen-bond donors (Lipinski definition) is 1. The molecule has 2 aliphatic rings. The minimum atomic E-state index is -0.838. The summed E-state index contributed by atoms with van der Waals surface area (Å²) in [5.74, 6) is -0.736. The molecule has 3 amide bonds. The maximum atomic E-state index is 13.2. The van der Waals surface area contributed by atoms with Gasteiger partial charge in [-0.15, -0.1) is 11.8 Å². The fourth-order valence-electron chi connectivity index (χ4n) is 3.84. The van der Waals surface area contributed by atoms with Crippen LogP contribution in [0, 0.1) is 0 Å². The van der Waals surface area contributed by atoms with Crippen LogP contribution in [0.25, 0.3) is 0 Å². The first-order chi connectivity index (χ1) is 15.0. The lowest BCUT2D eigenvalue weighted by molar-refractivity contribution is -0.134. The maximum absolute atomic E-state index is 13.2. The topological polar surface area (TPSA) is 69.7 Å². The zero-order valence-electron chi connectivity index (χ0n) is 17.1. The molecule has 1 fully saturated rings. The third-order valence-electron chi connectivity index (χ3n) is 5.48. The standard InChI is InChI=1S/C23H24ClN3O3S/c24-17-9-7-16(8-10-17)11-12-25-20(28)15-27-18-5-1-2-6-19(18)31-21(23(27)30)22(29)26-13-3-4-14-26/h1-2,5-10,21H,3-4,11-15H2,(H,25,28)/t21-/m0/s1. The van der Waals surface area contributed by atoms with Crippen molar-refractivity contribution in [3.63, 3.8) is 0 Å². The molecule has 1 atom stereocenters. The van der Waals surface area contributed by atoms with E-state index in [1.54, 1.807) is 4.90 Å². The first-order valence-electron chi connectivity index (χ1n) is 10.4. The van der Waals surface area contributed by atoms with E-state index in [9.17, 15) is 14.4 Å². The Kier molecular flexibility index (Phi) is 6.83. The highest BCUT2D eigenvalue weighted by Gasteiger charge is 2.41. The Bertz CT molecular complexity index is 976. The molecular formula is C23H24ClN3O3S. The monoisotopic (exact) mass is 457 g/mol. The lowest BCUT2D eigenvalue weighted by atomic mass is 10.1. The van der Waals surface area contributed by atoms with E-state index in [1.165, 1.54) is 16.7 Å². The minimum absolute atomic E-state index is 0.110. The highest BCUT2D eigenvalue weighted by Crippen LogP contribution is 2.39. The molecule has 0 unspecified atom stereocenters. The lowest BCUT2D eigenvalue weighted by Crippen LogP contribution is -2.51. The Balaban J connectivity index is 1.42. The molecular weight excluding hydrogens is 434 g/mol. The molecule has 8 heteroatoms. The molecule has 0 radical (unpaired) electrons. The number of nitrogens with one attached hydrogen (secondary N) is 1. The zero-order chi connectivity index (χ0) is 21.8. The summed E-state index contributed by atoms with van der Waals surface area (Å²) in [6.45, 7) is 1.72. The number of rotatable bonds is 6. The number of anilines is 1. The smallest absolute Gasteiger partial charge is 0.250 e. The second-order valence-corrected chi connectivity index (χ2v) is 9.23. The predicted octanol–water partition coefficient (Wildman–Crippen LogP) is 3.13. The van der Waals surface area contributed by atoms with Crippen LogP contribution < -0.4 is 10.2 Å². The van der Waals surface area contributed by atoms with Crippen LogP contribution in [-0.2, 0) is 20.8 Å². The van der Waals surface area contributed by atoms with Crippen LogP contribution in [0.4, 0.5) is 5.69 Å². The number of para-hydroxylation sites is 1. The number of fused-ring (bicyclic) bond motifs is 1. The van der Waals surface area contributed by atoms with Gasteiger partial charge in [-0.1, -0.05) is 35.9 Å². The molecule has 2 aromatic carbocycles. The van der Waals surface area contributed by atoms with E-state index in [0.717, 1.165) is 23.3 Å². The molecule has 162 valence electrons. The SMILES string of the molecule is O=C(CN1C(=O)[C@H](C(=O)N2CCCC2)Sc2ccccc21)NCCc1ccc(Cl)cc1. The van der Waals surface area contributed by atoms with Gasteiger partial charge in [0.25, 0.3) is 5.91 Å². The van der Waals surface area contributed by atoms with E-state index in [-0.39, 0.29) is 24.3 Å². The average molecular weight is 458 g/mol. The second kappa shape index (κ2) is 9.75. The van der Waals surface area contributed by atoms with Gasteiger partial charge >= 0.3 is 0 Å². The molecule has 2 heterocycles. The van der Waals surface area contributed by atoms with Crippen molar-refractivity contribution in [2.75, 3.05) is 31.1 Å². The van der Waals surface area contributed by atoms with Crippen LogP contribution in [-0.4, -0.2) is 54.1 Å². The molecule has 0 saturated carbocycles. The van der Waals surface area contributed by atoms with Crippen molar-refractivity contribution < 1.29 is 14.4 Å². The van der Waals surface area contributed by atoms with Gasteiger partial charge in [0.1, 0.15) is 6.54 Å². The fraction of sp³-hybridized carbons (Fsp3) is 0.348. The number of carbonyl (C=O) groups excluding carboxylic acids is 3. The minimum Gasteiger partial charge on any atom is -0.354 e. The van der Waals surface area contributed by atoms with Crippen molar-refractivity contribution in [1.82, 2.24) is 10.2 Å². The summed E-state index contributed by atoms with van der Waals surface area (Å²) < 4.78 is 0. The molecule has 1 N–H and O–H groups in total. The number of hydrogen-bond acceptors (Lipinski definition) is 4. The molecule has 31 heavy (non-hydrogen) atoms. The Hall–Kier alpha value is -2.51. The Morgan fingerprint density at radius 1 is 1.06 bits per heavy atom. The molecule has 2 aromatic rings. The molecule has 2 aliphatic heterocycles. The Labute approximate surface area is 190 Å². The van der Waals surface area contributed by atoms with Gasteiger partial charge in [-0.3, -0.25) is 14.4 Å². The number of nitrogens with zero attached hydrogens (tertiary/aromatic N) is 2. The van der Waals surface area contributed by atoms with Crippen molar-refractivity contribution >= 4 is 46.8 Å². The fourth-order valence-corrected chi connectivity index (χ4v) is 5.15. The summed E-state index contributed by atoms with van der Waals surface area (Å²) >= 11 is 7.18. The van der Waals surface area contributed by atoms with Crippen molar-refractivity contribution in [2.24, 2.45) is 0 Å². The van der Waals surface area contributed by atoms with Gasteiger partial charge in [0, 0.05) is 29.6 Å². The number of thioether (sulfide) groups is 1. The molecule has 0 bridgehead atoms. The van der Waals surface area contributed by atoms with Gasteiger partial charge in [0.15, 0.2) is 5.25 Å². The van der Waals surface area contributed by atoms with Crippen molar-refractivity contribution in [3.05, 3.63) is 59.1 Å². The van der Waals surface area contributed by atoms with Gasteiger partial charge in [-0.05, 0) is 49.1 Å². The highest BCUT2D eigenvalue weighted by molar-refractivity contribution is 8.01. The Morgan fingerprint density at radius 2 is 1.77 bits per heavy atom. The number of carbonyl (C=O) groups is 3. The normalized spacial score (nSPS) is 18.1. The zero-order valence-corrected chi connectivity index (χ0v) is 18.6. The largest absolute Gasteiger partial charge is 0.354 e. The summed E-state index contributed by atoms with van der Waals surface area (Å²) in [7, 11) is 0. The summed E-state index contributed by atoms with van der Waals surface area (Å²) in [5.41, 5.74) is 1.74. The quantitative estimate of drug-likeness (QED) is 0.676. The van der Waals surface area contributed by atoms with E-state index in [1.807, 2.05) is 48.5 Å². The average Bonchev–Trinajstić information content (AvgIpc) is 3.31. The summed E-state index contributed by atoms with van der Waals surface area (Å²) in [6.07, 6.45) is 2.60. The van der Waals surface area contributed by atoms with Crippen molar-refractivity contribution in [1.29, 1.82) is 0 Å². The van der Waals surface area contributed by atoms with E-state index in [2.05, 4.69) is 5.32 Å². The molecule has 0 aromatic heterocycles. The van der Waals surface area contributed by atoms with Gasteiger partial charge in [0.2, 0.25) is 11.8 Å². The molecule has 1 saturated heterocycles. The number of halogens is 1. The number of likely N-dealkylation sites (tertiary alicyclic amines) is 1.